The van der Waals surface area contributed by atoms with E-state index < -0.39 is 17.9 Å². The maximum Gasteiger partial charge on any atom is 0.435 e. The van der Waals surface area contributed by atoms with Crippen LogP contribution in [-0.4, -0.2) is 45.1 Å². The molecule has 1 aliphatic rings. The van der Waals surface area contributed by atoms with Crippen molar-refractivity contribution in [1.29, 1.82) is 0 Å². The molecule has 0 spiro atoms. The van der Waals surface area contributed by atoms with E-state index >= 15 is 0 Å². The van der Waals surface area contributed by atoms with Crippen molar-refractivity contribution in [2.45, 2.75) is 44.4 Å². The lowest BCUT2D eigenvalue weighted by Gasteiger charge is -2.34. The number of piperidine rings is 1. The Balaban J connectivity index is 1.38. The van der Waals surface area contributed by atoms with Gasteiger partial charge in [-0.25, -0.2) is 4.98 Å². The van der Waals surface area contributed by atoms with Gasteiger partial charge in [0.15, 0.2) is 5.69 Å². The van der Waals surface area contributed by atoms with Crippen LogP contribution in [0.4, 0.5) is 13.2 Å². The van der Waals surface area contributed by atoms with Crippen LogP contribution in [0, 0.1) is 6.92 Å². The van der Waals surface area contributed by atoms with E-state index in [4.69, 9.17) is 4.98 Å². The van der Waals surface area contributed by atoms with E-state index in [1.165, 1.54) is 4.68 Å². The number of aromatic nitrogens is 3. The van der Waals surface area contributed by atoms with Gasteiger partial charge < -0.3 is 4.79 Å². The van der Waals surface area contributed by atoms with Gasteiger partial charge in [-0.3, -0.25) is 9.58 Å². The van der Waals surface area contributed by atoms with Gasteiger partial charge in [0.1, 0.15) is 6.29 Å². The van der Waals surface area contributed by atoms with Gasteiger partial charge in [0.05, 0.1) is 27.1 Å². The van der Waals surface area contributed by atoms with Crippen molar-refractivity contribution in [3.63, 3.8) is 0 Å². The minimum absolute atomic E-state index is 0.104. The van der Waals surface area contributed by atoms with E-state index in [-0.39, 0.29) is 12.5 Å². The quantitative estimate of drug-likeness (QED) is 0.335. The molecule has 1 fully saturated rings. The molecule has 180 valence electrons. The highest BCUT2D eigenvalue weighted by Crippen LogP contribution is 2.36. The normalized spacial score (nSPS) is 16.9. The number of likely N-dealkylation sites (tertiary alicyclic amines) is 1. The van der Waals surface area contributed by atoms with Crippen molar-refractivity contribution in [2.24, 2.45) is 0 Å². The number of carbonyl (C=O) groups is 1. The van der Waals surface area contributed by atoms with Gasteiger partial charge in [-0.15, -0.1) is 11.3 Å². The van der Waals surface area contributed by atoms with Gasteiger partial charge in [-0.1, -0.05) is 36.4 Å². The minimum Gasteiger partial charge on any atom is -0.302 e. The van der Waals surface area contributed by atoms with E-state index in [1.807, 2.05) is 47.4 Å². The van der Waals surface area contributed by atoms with Gasteiger partial charge in [0.2, 0.25) is 0 Å². The molecule has 0 bridgehead atoms. The fraction of sp³-hybridized carbons (Fsp3) is 0.375. The average molecular weight is 553 g/mol. The molecule has 3 heterocycles. The fourth-order valence-electron chi connectivity index (χ4n) is 4.08. The van der Waals surface area contributed by atoms with Gasteiger partial charge in [-0.2, -0.15) is 18.3 Å². The second-order valence-corrected chi connectivity index (χ2v) is 10.7. The molecule has 3 aromatic rings. The Kier molecular flexibility index (Phi) is 7.69. The number of nitrogens with zero attached hydrogens (tertiary/aromatic N) is 4. The molecule has 5 nitrogen and oxygen atoms in total. The Labute approximate surface area is 208 Å². The summed E-state index contributed by atoms with van der Waals surface area (Å²) in [6.45, 7) is 3.02. The summed E-state index contributed by atoms with van der Waals surface area (Å²) in [6, 6.07) is 10.5. The second-order valence-electron chi connectivity index (χ2n) is 8.32. The zero-order valence-corrected chi connectivity index (χ0v) is 20.9. The number of alkyl halides is 3. The van der Waals surface area contributed by atoms with Crippen LogP contribution in [0.1, 0.15) is 46.4 Å². The van der Waals surface area contributed by atoms with Crippen molar-refractivity contribution in [3.8, 4) is 0 Å². The molecule has 1 aromatic carbocycles. The lowest BCUT2D eigenvalue weighted by Crippen LogP contribution is -2.44. The van der Waals surface area contributed by atoms with Crippen molar-refractivity contribution in [1.82, 2.24) is 19.7 Å². The van der Waals surface area contributed by atoms with Gasteiger partial charge >= 0.3 is 6.18 Å². The molecule has 1 saturated heterocycles. The summed E-state index contributed by atoms with van der Waals surface area (Å²) < 4.78 is 41.1. The van der Waals surface area contributed by atoms with Crippen molar-refractivity contribution in [2.75, 3.05) is 13.1 Å². The zero-order chi connectivity index (χ0) is 24.3. The fourth-order valence-corrected chi connectivity index (χ4v) is 5.75. The predicted octanol–water partition coefficient (Wildman–Crippen LogP) is 6.05. The predicted molar refractivity (Wildman–Crippen MR) is 131 cm³/mol. The smallest absolute Gasteiger partial charge is 0.302 e. The molecule has 1 atom stereocenters. The number of aryl methyl sites for hydroxylation is 1. The number of benzene rings is 1. The summed E-state index contributed by atoms with van der Waals surface area (Å²) >= 11 is 5.25. The lowest BCUT2D eigenvalue weighted by molar-refractivity contribution is -0.141. The second kappa shape index (κ2) is 10.5. The highest BCUT2D eigenvalue weighted by Gasteiger charge is 2.35. The molecule has 1 unspecified atom stereocenters. The summed E-state index contributed by atoms with van der Waals surface area (Å²) in [4.78, 5) is 18.6. The molecule has 0 N–H and O–H groups in total. The molecular weight excluding hydrogens is 529 g/mol. The molecular formula is C24H24BrF3N4OS. The maximum atomic E-state index is 13.0. The Morgan fingerprint density at radius 3 is 2.53 bits per heavy atom. The van der Waals surface area contributed by atoms with Crippen LogP contribution in [0.5, 0.6) is 0 Å². The van der Waals surface area contributed by atoms with Crippen LogP contribution >= 0.6 is 27.3 Å². The third kappa shape index (κ3) is 5.84. The Bertz CT molecular complexity index is 1150. The van der Waals surface area contributed by atoms with Gasteiger partial charge in [0, 0.05) is 11.6 Å². The van der Waals surface area contributed by atoms with Crippen LogP contribution in [0.15, 0.2) is 40.2 Å². The van der Waals surface area contributed by atoms with E-state index in [0.717, 1.165) is 45.2 Å². The van der Waals surface area contributed by atoms with E-state index in [9.17, 15) is 18.0 Å². The summed E-state index contributed by atoms with van der Waals surface area (Å²) in [5, 5.41) is 4.72. The van der Waals surface area contributed by atoms with Crippen LogP contribution in [0.25, 0.3) is 12.2 Å². The first kappa shape index (κ1) is 24.8. The summed E-state index contributed by atoms with van der Waals surface area (Å²) in [5.74, 6) is 0.284. The Hall–Kier alpha value is -2.30. The SMILES string of the molecule is Cc1cc(C(F)(F)F)nn1CC(C=O)N1CCC(c2nc(C=Cc3ccccc3)c(Br)s2)CC1. The van der Waals surface area contributed by atoms with Crippen molar-refractivity contribution >= 4 is 45.7 Å². The highest BCUT2D eigenvalue weighted by molar-refractivity contribution is 9.11. The third-order valence-electron chi connectivity index (χ3n) is 6.00. The molecule has 0 saturated carbocycles. The molecule has 10 heteroatoms. The summed E-state index contributed by atoms with van der Waals surface area (Å²) in [5.41, 5.74) is 1.45. The van der Waals surface area contributed by atoms with E-state index in [0.29, 0.717) is 18.8 Å². The topological polar surface area (TPSA) is 51.0 Å². The number of hydrogen-bond donors (Lipinski definition) is 0. The number of halogens is 4. The Morgan fingerprint density at radius 1 is 1.21 bits per heavy atom. The largest absolute Gasteiger partial charge is 0.435 e. The molecule has 2 aromatic heterocycles. The molecule has 4 rings (SSSR count). The molecule has 1 aliphatic heterocycles. The lowest BCUT2D eigenvalue weighted by atomic mass is 9.96. The number of carbonyl (C=O) groups excluding carboxylic acids is 1. The number of aldehydes is 1. The van der Waals surface area contributed by atoms with Crippen molar-refractivity contribution < 1.29 is 18.0 Å². The molecule has 0 amide bonds. The maximum absolute atomic E-state index is 13.0. The van der Waals surface area contributed by atoms with Gasteiger partial charge in [0.25, 0.3) is 0 Å². The molecule has 0 aliphatic carbocycles. The first-order valence-electron chi connectivity index (χ1n) is 10.9. The Morgan fingerprint density at radius 2 is 1.91 bits per heavy atom. The number of hydrogen-bond acceptors (Lipinski definition) is 5. The number of thiazole rings is 1. The third-order valence-corrected chi connectivity index (χ3v) is 7.91. The van der Waals surface area contributed by atoms with Crippen LogP contribution in [-0.2, 0) is 17.5 Å². The van der Waals surface area contributed by atoms with Crippen LogP contribution in [0.2, 0.25) is 0 Å². The van der Waals surface area contributed by atoms with E-state index in [1.54, 1.807) is 18.3 Å². The monoisotopic (exact) mass is 552 g/mol. The number of rotatable bonds is 7. The van der Waals surface area contributed by atoms with Crippen LogP contribution in [0.3, 0.4) is 0 Å². The molecule has 34 heavy (non-hydrogen) atoms. The standard InChI is InChI=1S/C24H24BrF3N4OS/c1-16-13-21(24(26,27)28)30-32(16)14-19(15-33)31-11-9-18(10-12-31)23-29-20(22(25)34-23)8-7-17-5-3-2-4-6-17/h2-8,13,15,18-19H,9-12,14H2,1H3. The minimum atomic E-state index is -4.50. The summed E-state index contributed by atoms with van der Waals surface area (Å²) in [6.07, 6.45) is 2.00. The highest BCUT2D eigenvalue weighted by atomic mass is 79.9. The van der Waals surface area contributed by atoms with E-state index in [2.05, 4.69) is 21.0 Å². The average Bonchev–Trinajstić information content (AvgIpc) is 3.39. The van der Waals surface area contributed by atoms with Gasteiger partial charge in [-0.05, 0) is 66.5 Å². The summed E-state index contributed by atoms with van der Waals surface area (Å²) in [7, 11) is 0. The molecule has 0 radical (unpaired) electrons. The first-order valence-corrected chi connectivity index (χ1v) is 12.6. The van der Waals surface area contributed by atoms with Crippen molar-refractivity contribution in [3.05, 3.63) is 67.8 Å². The zero-order valence-electron chi connectivity index (χ0n) is 18.5. The van der Waals surface area contributed by atoms with Crippen LogP contribution < -0.4 is 0 Å². The first-order chi connectivity index (χ1) is 16.2.